The van der Waals surface area contributed by atoms with E-state index in [-0.39, 0.29) is 5.75 Å². The van der Waals surface area contributed by atoms with E-state index in [2.05, 4.69) is 40.6 Å². The second-order valence-corrected chi connectivity index (χ2v) is 8.48. The molecule has 1 aromatic carbocycles. The Morgan fingerprint density at radius 1 is 1.03 bits per heavy atom. The topological polar surface area (TPSA) is 118 Å². The molecule has 0 unspecified atom stereocenters. The smallest absolute Gasteiger partial charge is 0.245 e. The molecule has 4 heterocycles. The van der Waals surface area contributed by atoms with Crippen LogP contribution < -0.4 is 10.2 Å². The van der Waals surface area contributed by atoms with Crippen LogP contribution in [0.25, 0.3) is 33.5 Å². The van der Waals surface area contributed by atoms with E-state index < -0.39 is 0 Å². The maximum atomic E-state index is 10.7. The summed E-state index contributed by atoms with van der Waals surface area (Å²) in [7, 11) is 1.76. The van der Waals surface area contributed by atoms with Gasteiger partial charge in [0, 0.05) is 50.0 Å². The minimum Gasteiger partial charge on any atom is -0.507 e. The molecule has 10 heteroatoms. The molecule has 3 aromatic heterocycles. The van der Waals surface area contributed by atoms with Crippen molar-refractivity contribution in [3.63, 3.8) is 0 Å². The third-order valence-electron chi connectivity index (χ3n) is 6.17. The second kappa shape index (κ2) is 7.49. The number of rotatable bonds is 4. The van der Waals surface area contributed by atoms with E-state index in [1.807, 2.05) is 18.2 Å². The van der Waals surface area contributed by atoms with Crippen molar-refractivity contribution in [2.45, 2.75) is 18.9 Å². The highest BCUT2D eigenvalue weighted by molar-refractivity contribution is 5.79. The van der Waals surface area contributed by atoms with Crippen molar-refractivity contribution >= 4 is 17.1 Å². The van der Waals surface area contributed by atoms with Gasteiger partial charge in [0.15, 0.2) is 0 Å². The molecule has 1 saturated carbocycles. The van der Waals surface area contributed by atoms with Crippen LogP contribution in [0.2, 0.25) is 0 Å². The van der Waals surface area contributed by atoms with Gasteiger partial charge in [-0.25, -0.2) is 9.97 Å². The lowest BCUT2D eigenvalue weighted by Gasteiger charge is -2.33. The van der Waals surface area contributed by atoms with Gasteiger partial charge in [-0.1, -0.05) is 6.07 Å². The molecule has 10 nitrogen and oxygen atoms in total. The fraction of sp³-hybridized carbons (Fsp3) is 0.364. The number of hydrogen-bond acceptors (Lipinski definition) is 9. The van der Waals surface area contributed by atoms with Crippen LogP contribution in [-0.4, -0.2) is 65.9 Å². The summed E-state index contributed by atoms with van der Waals surface area (Å²) in [5, 5.41) is 31.5. The van der Waals surface area contributed by atoms with Crippen LogP contribution in [0.5, 0.6) is 5.75 Å². The van der Waals surface area contributed by atoms with Crippen LogP contribution in [0.1, 0.15) is 12.8 Å². The molecule has 1 aliphatic heterocycles. The molecule has 0 radical (unpaired) electrons. The zero-order valence-corrected chi connectivity index (χ0v) is 17.7. The highest BCUT2D eigenvalue weighted by Gasteiger charge is 2.34. The average molecular weight is 429 g/mol. The number of aryl methyl sites for hydroxylation is 1. The van der Waals surface area contributed by atoms with Crippen LogP contribution in [0.15, 0.2) is 36.7 Å². The van der Waals surface area contributed by atoms with Crippen molar-refractivity contribution in [1.82, 2.24) is 40.5 Å². The predicted molar refractivity (Wildman–Crippen MR) is 119 cm³/mol. The number of benzene rings is 1. The van der Waals surface area contributed by atoms with Crippen LogP contribution in [-0.2, 0) is 7.05 Å². The summed E-state index contributed by atoms with van der Waals surface area (Å²) in [6.07, 6.45) is 6.02. The first-order valence-corrected chi connectivity index (χ1v) is 10.8. The van der Waals surface area contributed by atoms with Gasteiger partial charge < -0.3 is 15.3 Å². The first-order chi connectivity index (χ1) is 15.6. The number of nitrogens with one attached hydrogen (secondary N) is 1. The molecule has 162 valence electrons. The molecule has 1 saturated heterocycles. The highest BCUT2D eigenvalue weighted by Crippen LogP contribution is 2.35. The van der Waals surface area contributed by atoms with Crippen molar-refractivity contribution in [1.29, 1.82) is 0 Å². The third kappa shape index (κ3) is 3.52. The number of pyridine rings is 1. The van der Waals surface area contributed by atoms with Crippen LogP contribution >= 0.6 is 0 Å². The van der Waals surface area contributed by atoms with Gasteiger partial charge in [-0.2, -0.15) is 9.90 Å². The van der Waals surface area contributed by atoms with Crippen molar-refractivity contribution in [3.05, 3.63) is 36.7 Å². The number of phenols is 1. The Hall–Kier alpha value is -3.66. The van der Waals surface area contributed by atoms with Crippen LogP contribution in [0, 0.1) is 5.92 Å². The molecule has 2 aliphatic rings. The fourth-order valence-electron chi connectivity index (χ4n) is 4.31. The largest absolute Gasteiger partial charge is 0.507 e. The van der Waals surface area contributed by atoms with Gasteiger partial charge >= 0.3 is 0 Å². The van der Waals surface area contributed by atoms with Gasteiger partial charge in [-0.3, -0.25) is 0 Å². The minimum absolute atomic E-state index is 0.113. The normalized spacial score (nSPS) is 18.9. The van der Waals surface area contributed by atoms with Gasteiger partial charge in [-0.15, -0.1) is 15.3 Å². The van der Waals surface area contributed by atoms with Gasteiger partial charge in [-0.05, 0) is 42.5 Å². The monoisotopic (exact) mass is 429 g/mol. The van der Waals surface area contributed by atoms with Crippen molar-refractivity contribution in [2.75, 3.05) is 24.5 Å². The minimum atomic E-state index is 0.113. The van der Waals surface area contributed by atoms with Crippen LogP contribution in [0.3, 0.4) is 0 Å². The number of anilines is 1. The Morgan fingerprint density at radius 3 is 2.72 bits per heavy atom. The Balaban J connectivity index is 1.23. The number of fused-ring (bicyclic) bond motifs is 1. The summed E-state index contributed by atoms with van der Waals surface area (Å²) in [4.78, 5) is 12.6. The maximum absolute atomic E-state index is 10.7. The summed E-state index contributed by atoms with van der Waals surface area (Å²) < 4.78 is 0. The Morgan fingerprint density at radius 2 is 1.94 bits per heavy atom. The summed E-state index contributed by atoms with van der Waals surface area (Å²) in [6.45, 7) is 2.72. The van der Waals surface area contributed by atoms with E-state index >= 15 is 0 Å². The zero-order valence-electron chi connectivity index (χ0n) is 17.7. The molecule has 4 aromatic rings. The molecule has 6 rings (SSSR count). The molecule has 32 heavy (non-hydrogen) atoms. The van der Waals surface area contributed by atoms with E-state index in [9.17, 15) is 5.11 Å². The van der Waals surface area contributed by atoms with E-state index in [1.165, 1.54) is 17.6 Å². The van der Waals surface area contributed by atoms with E-state index in [0.29, 0.717) is 34.4 Å². The highest BCUT2D eigenvalue weighted by atomic mass is 16.3. The van der Waals surface area contributed by atoms with E-state index in [0.717, 1.165) is 36.7 Å². The first-order valence-electron chi connectivity index (χ1n) is 10.8. The summed E-state index contributed by atoms with van der Waals surface area (Å²) >= 11 is 0. The number of hydrogen-bond donors (Lipinski definition) is 2. The molecule has 0 amide bonds. The Bertz CT molecular complexity index is 1280. The lowest BCUT2D eigenvalue weighted by Crippen LogP contribution is -2.52. The number of phenolic OH excluding ortho intramolecular Hbond substituents is 1. The molecule has 1 aliphatic carbocycles. The predicted octanol–water partition coefficient (Wildman–Crippen LogP) is 1.78. The number of aromatic hydroxyl groups is 1. The average Bonchev–Trinajstić information content (AvgIpc) is 3.60. The van der Waals surface area contributed by atoms with E-state index in [4.69, 9.17) is 0 Å². The lowest BCUT2D eigenvalue weighted by molar-refractivity contribution is 0.414. The van der Waals surface area contributed by atoms with Gasteiger partial charge in [0.1, 0.15) is 17.0 Å². The summed E-state index contributed by atoms with van der Waals surface area (Å²) in [5.41, 5.74) is 4.10. The quantitative estimate of drug-likeness (QED) is 0.500. The van der Waals surface area contributed by atoms with Crippen LogP contribution in [0.4, 0.5) is 5.95 Å². The molecule has 1 atom stereocenters. The molecular weight excluding hydrogens is 406 g/mol. The molecule has 2 fully saturated rings. The number of piperazine rings is 1. The Labute approximate surface area is 184 Å². The van der Waals surface area contributed by atoms with Crippen molar-refractivity contribution < 1.29 is 5.11 Å². The Kier molecular flexibility index (Phi) is 4.46. The third-order valence-corrected chi connectivity index (χ3v) is 6.17. The van der Waals surface area contributed by atoms with Gasteiger partial charge in [0.2, 0.25) is 11.6 Å². The standard InChI is InChI=1S/C22H23N9O/c1-30-28-17-8-15(10-24-21(17)29-30)14-4-5-16(20(32)9-14)18-11-25-22(27-26-18)31-7-6-23-19(12-31)13-2-3-13/h4-5,8-11,13,19,23,32H,2-3,6-7,12H2,1H3/t19-/m1/s1. The number of nitrogens with zero attached hydrogens (tertiary/aromatic N) is 8. The van der Waals surface area contributed by atoms with E-state index in [1.54, 1.807) is 25.5 Å². The molecule has 2 N–H and O–H groups in total. The summed E-state index contributed by atoms with van der Waals surface area (Å²) in [6, 6.07) is 7.85. The zero-order chi connectivity index (χ0) is 21.7. The second-order valence-electron chi connectivity index (χ2n) is 8.48. The SMILES string of the molecule is Cn1nc2cc(-c3ccc(-c4cnc(N5CCN[C@@H](C6CC6)C5)nn4)c(O)c3)cnc2n1. The first kappa shape index (κ1) is 19.1. The summed E-state index contributed by atoms with van der Waals surface area (Å²) in [5.74, 6) is 1.53. The van der Waals surface area contributed by atoms with Crippen molar-refractivity contribution in [2.24, 2.45) is 13.0 Å². The maximum Gasteiger partial charge on any atom is 0.245 e. The lowest BCUT2D eigenvalue weighted by atomic mass is 10.0. The molecule has 0 spiro atoms. The molecule has 0 bridgehead atoms. The van der Waals surface area contributed by atoms with Gasteiger partial charge in [0.05, 0.1) is 6.20 Å². The molecular formula is C22H23N9O. The fourth-order valence-corrected chi connectivity index (χ4v) is 4.31. The van der Waals surface area contributed by atoms with Gasteiger partial charge in [0.25, 0.3) is 0 Å². The number of aromatic nitrogens is 7. The van der Waals surface area contributed by atoms with Crippen molar-refractivity contribution in [3.8, 4) is 28.1 Å².